The molecule has 3 unspecified atom stereocenters. The van der Waals surface area contributed by atoms with Crippen molar-refractivity contribution in [1.82, 2.24) is 0 Å². The normalized spacial score (nSPS) is 26.8. The summed E-state index contributed by atoms with van der Waals surface area (Å²) in [6.45, 7) is 18.5. The highest BCUT2D eigenvalue weighted by Crippen LogP contribution is 2.43. The van der Waals surface area contributed by atoms with Crippen LogP contribution >= 0.6 is 6.92 Å². The molecule has 0 N–H and O–H groups in total. The van der Waals surface area contributed by atoms with E-state index >= 15 is 0 Å². The van der Waals surface area contributed by atoms with Crippen LogP contribution in [0, 0.1) is 29.6 Å². The molecule has 2 aliphatic carbocycles. The lowest BCUT2D eigenvalue weighted by Crippen LogP contribution is -2.53. The highest BCUT2D eigenvalue weighted by molar-refractivity contribution is 8.33. The second kappa shape index (κ2) is 17.6. The zero-order valence-electron chi connectivity index (χ0n) is 27.3. The lowest BCUT2D eigenvalue weighted by atomic mass is 9.68. The van der Waals surface area contributed by atoms with Gasteiger partial charge in [0.05, 0.1) is 12.5 Å². The number of carbonyl (C=O) groups is 1. The van der Waals surface area contributed by atoms with Crippen LogP contribution in [-0.4, -0.2) is 53.2 Å². The van der Waals surface area contributed by atoms with Crippen molar-refractivity contribution < 1.29 is 26.8 Å². The maximum atomic E-state index is 13.0. The maximum Gasteiger partial charge on any atom is 0.360 e. The zero-order valence-corrected chi connectivity index (χ0v) is 33.8. The number of esters is 1. The van der Waals surface area contributed by atoms with Crippen LogP contribution in [0.3, 0.4) is 0 Å². The molecule has 0 bridgehead atoms. The Morgan fingerprint density at radius 3 is 1.88 bits per heavy atom. The van der Waals surface area contributed by atoms with Crippen LogP contribution in [0.1, 0.15) is 71.1 Å². The summed E-state index contributed by atoms with van der Waals surface area (Å²) in [4.78, 5) is 24.7. The molecular weight excluding hydrogens is 640 g/mol. The molecule has 0 saturated heterocycles. The topological polar surface area (TPSA) is 77.1 Å². The third kappa shape index (κ3) is 15.7. The molecule has 3 atom stereocenters. The maximum absolute atomic E-state index is 13.0. The van der Waals surface area contributed by atoms with Gasteiger partial charge in [0.1, 0.15) is 22.6 Å². The zero-order chi connectivity index (χ0) is 30.8. The Hall–Kier alpha value is 0.918. The second-order valence-corrected chi connectivity index (χ2v) is 33.5. The Morgan fingerprint density at radius 2 is 1.41 bits per heavy atom. The molecule has 2 rings (SSSR count). The Bertz CT molecular complexity index is 867. The molecule has 0 aromatic carbocycles. The molecule has 1 radical (unpaired) electrons. The molecule has 0 heterocycles. The van der Waals surface area contributed by atoms with Crippen LogP contribution in [0.2, 0.25) is 58.4 Å². The highest BCUT2D eigenvalue weighted by atomic mass is 32.9. The van der Waals surface area contributed by atoms with Crippen molar-refractivity contribution >= 4 is 68.1 Å². The van der Waals surface area contributed by atoms with Crippen LogP contribution in [0.15, 0.2) is 0 Å². The van der Waals surface area contributed by atoms with Crippen molar-refractivity contribution in [2.45, 2.75) is 130 Å². The van der Waals surface area contributed by atoms with Gasteiger partial charge in [-0.15, -0.1) is 0 Å². The summed E-state index contributed by atoms with van der Waals surface area (Å²) in [6, 6.07) is 0.603. The van der Waals surface area contributed by atoms with Gasteiger partial charge in [-0.1, -0.05) is 32.6 Å². The Morgan fingerprint density at radius 1 is 0.902 bits per heavy atom. The molecule has 6 nitrogen and oxygen atoms in total. The number of hydrogen-bond donors (Lipinski definition) is 0. The van der Waals surface area contributed by atoms with E-state index in [2.05, 4.69) is 52.4 Å². The van der Waals surface area contributed by atoms with Gasteiger partial charge >= 0.3 is 23.8 Å². The van der Waals surface area contributed by atoms with Crippen LogP contribution in [-0.2, 0) is 42.6 Å². The minimum Gasteiger partial charge on any atom is -0.620 e. The first kappa shape index (κ1) is 38.1. The monoisotopic (exact) mass is 697 g/mol. The molecule has 2 fully saturated rings. The fourth-order valence-corrected chi connectivity index (χ4v) is 22.8. The van der Waals surface area contributed by atoms with Gasteiger partial charge in [-0.2, -0.15) is 0 Å². The van der Waals surface area contributed by atoms with Gasteiger partial charge in [0.25, 0.3) is 0 Å². The first-order valence-electron chi connectivity index (χ1n) is 15.8. The van der Waals surface area contributed by atoms with E-state index in [-0.39, 0.29) is 11.9 Å². The molecule has 41 heavy (non-hydrogen) atoms. The first-order valence-corrected chi connectivity index (χ1v) is 30.8. The lowest BCUT2D eigenvalue weighted by molar-refractivity contribution is -0.152. The van der Waals surface area contributed by atoms with Crippen molar-refractivity contribution in [3.8, 4) is 0 Å². The molecule has 2 saturated carbocycles. The van der Waals surface area contributed by atoms with Gasteiger partial charge in [0.15, 0.2) is 16.6 Å². The van der Waals surface area contributed by atoms with Gasteiger partial charge < -0.3 is 22.0 Å². The predicted molar refractivity (Wildman–Crippen MR) is 185 cm³/mol. The number of hydrogen-bond acceptors (Lipinski definition) is 7. The summed E-state index contributed by atoms with van der Waals surface area (Å²) in [5.74, 6) is 2.78. The summed E-state index contributed by atoms with van der Waals surface area (Å²) in [7, 11) is -6.50. The average Bonchev–Trinajstić information content (AvgIpc) is 2.85. The largest absolute Gasteiger partial charge is 0.620 e. The number of rotatable bonds is 16. The van der Waals surface area contributed by atoms with Crippen molar-refractivity contribution in [2.24, 2.45) is 29.6 Å². The van der Waals surface area contributed by atoms with E-state index in [4.69, 9.17) is 28.3 Å². The molecule has 0 spiro atoms. The van der Waals surface area contributed by atoms with E-state index in [1.807, 2.05) is 6.92 Å². The van der Waals surface area contributed by atoms with E-state index in [9.17, 15) is 9.69 Å². The molecule has 0 aromatic rings. The van der Waals surface area contributed by atoms with E-state index in [1.54, 1.807) is 0 Å². The molecular formula is C28H58O6PS2Si4. The van der Waals surface area contributed by atoms with Gasteiger partial charge in [-0.25, -0.2) is 0 Å². The third-order valence-electron chi connectivity index (χ3n) is 8.43. The molecule has 13 heteroatoms. The van der Waals surface area contributed by atoms with Crippen LogP contribution in [0.25, 0.3) is 0 Å². The summed E-state index contributed by atoms with van der Waals surface area (Å²) in [5.41, 5.74) is 0. The smallest absolute Gasteiger partial charge is 0.360 e. The van der Waals surface area contributed by atoms with Crippen LogP contribution in [0.4, 0.5) is 0 Å². The quantitative estimate of drug-likeness (QED) is 0.0930. The molecule has 0 amide bonds. The van der Waals surface area contributed by atoms with E-state index in [0.717, 1.165) is 46.3 Å². The van der Waals surface area contributed by atoms with E-state index in [1.165, 1.54) is 51.4 Å². The van der Waals surface area contributed by atoms with Gasteiger partial charge in [0, 0.05) is 17.2 Å². The lowest BCUT2D eigenvalue weighted by Gasteiger charge is -2.38. The van der Waals surface area contributed by atoms with Crippen molar-refractivity contribution in [3.05, 3.63) is 0 Å². The van der Waals surface area contributed by atoms with Crippen molar-refractivity contribution in [3.63, 3.8) is 0 Å². The van der Waals surface area contributed by atoms with Gasteiger partial charge in [-0.05, 0) is 115 Å². The van der Waals surface area contributed by atoms with E-state index < -0.39 is 41.4 Å². The SMILES string of the molecule is CC(C[Si](C)(O[Si](C)O[Si](C)(C)C)O[Si](C)(C)C)C(=O)OCCC1CCC(C2CCC(CC[P+]([O-])=S=S)CC2)CC1. The number of ether oxygens (including phenoxy) is 1. The average molecular weight is 698 g/mol. The van der Waals surface area contributed by atoms with Crippen LogP contribution in [0.5, 0.6) is 0 Å². The summed E-state index contributed by atoms with van der Waals surface area (Å²) < 4.78 is 25.2. The standard InChI is InChI=1S/C28H58O6PS2Si4/c1-23(22-41(9,34-40(6,7)8)33-38(2)32-39(3,4)5)28(29)31-20-18-24-10-14-26(15-11-24)27-16-12-25(13-17-27)19-21-35(30)37-36/h23-27H,10-22H2,1-9H3. The minimum atomic E-state index is -2.60. The summed E-state index contributed by atoms with van der Waals surface area (Å²) in [6.07, 6.45) is 13.3. The Kier molecular flexibility index (Phi) is 16.3. The highest BCUT2D eigenvalue weighted by Gasteiger charge is 2.42. The van der Waals surface area contributed by atoms with Gasteiger partial charge in [-0.3, -0.25) is 4.79 Å². The first-order chi connectivity index (χ1) is 19.0. The molecule has 0 aromatic heterocycles. The fraction of sp³-hybridized carbons (Fsp3) is 0.964. The Labute approximate surface area is 265 Å². The molecule has 239 valence electrons. The molecule has 0 aliphatic heterocycles. The number of carbonyl (C=O) groups excluding carboxylic acids is 1. The van der Waals surface area contributed by atoms with Crippen molar-refractivity contribution in [2.75, 3.05) is 12.8 Å². The predicted octanol–water partition coefficient (Wildman–Crippen LogP) is 7.69. The second-order valence-electron chi connectivity index (χ2n) is 14.7. The van der Waals surface area contributed by atoms with Crippen LogP contribution < -0.4 is 4.89 Å². The van der Waals surface area contributed by atoms with Gasteiger partial charge in [0.2, 0.25) is 0 Å². The summed E-state index contributed by atoms with van der Waals surface area (Å²) in [5, 5.41) is 0. The summed E-state index contributed by atoms with van der Waals surface area (Å²) >= 11 is 4.87. The van der Waals surface area contributed by atoms with E-state index in [0.29, 0.717) is 18.6 Å². The molecule has 2 aliphatic rings. The third-order valence-corrected chi connectivity index (χ3v) is 23.8. The minimum absolute atomic E-state index is 0.121. The van der Waals surface area contributed by atoms with Crippen molar-refractivity contribution in [1.29, 1.82) is 0 Å². The Balaban J connectivity index is 1.73. The fourth-order valence-electron chi connectivity index (χ4n) is 6.84.